The van der Waals surface area contributed by atoms with Gasteiger partial charge in [0.2, 0.25) is 5.89 Å². The summed E-state index contributed by atoms with van der Waals surface area (Å²) < 4.78 is 4.92. The summed E-state index contributed by atoms with van der Waals surface area (Å²) in [7, 11) is 0. The molecule has 0 saturated carbocycles. The van der Waals surface area contributed by atoms with Crippen LogP contribution in [0.2, 0.25) is 0 Å². The average molecular weight is 198 g/mol. The van der Waals surface area contributed by atoms with E-state index in [-0.39, 0.29) is 5.95 Å². The first-order valence-corrected chi connectivity index (χ1v) is 5.04. The molecule has 0 spiro atoms. The number of hydrogen-bond donors (Lipinski definition) is 2. The molecule has 0 aliphatic rings. The van der Waals surface area contributed by atoms with Gasteiger partial charge in [0.05, 0.1) is 0 Å². The predicted molar refractivity (Wildman–Crippen MR) is 54.5 cm³/mol. The Bertz CT molecular complexity index is 261. The molecule has 14 heavy (non-hydrogen) atoms. The Balaban J connectivity index is 2.31. The van der Waals surface area contributed by atoms with Crippen LogP contribution < -0.4 is 11.5 Å². The molecule has 1 atom stereocenters. The number of nitrogens with zero attached hydrogens (tertiary/aromatic N) is 2. The normalized spacial score (nSPS) is 13.0. The summed E-state index contributed by atoms with van der Waals surface area (Å²) in [5.74, 6) is 1.48. The molecule has 80 valence electrons. The third kappa shape index (κ3) is 3.33. The Morgan fingerprint density at radius 1 is 1.43 bits per heavy atom. The molecule has 0 saturated heterocycles. The summed E-state index contributed by atoms with van der Waals surface area (Å²) in [5, 5.41) is 3.53. The van der Waals surface area contributed by atoms with Crippen LogP contribution in [-0.4, -0.2) is 16.7 Å². The molecule has 0 radical (unpaired) electrons. The molecule has 1 unspecified atom stereocenters. The lowest BCUT2D eigenvalue weighted by Gasteiger charge is -2.11. The van der Waals surface area contributed by atoms with Gasteiger partial charge in [0, 0.05) is 6.42 Å². The quantitative estimate of drug-likeness (QED) is 0.710. The smallest absolute Gasteiger partial charge is 0.260 e. The van der Waals surface area contributed by atoms with E-state index in [0.29, 0.717) is 11.8 Å². The summed E-state index contributed by atoms with van der Waals surface area (Å²) in [6.45, 7) is 2.91. The molecule has 0 aliphatic heterocycles. The van der Waals surface area contributed by atoms with Crippen molar-refractivity contribution >= 4 is 5.95 Å². The molecule has 5 heteroatoms. The van der Waals surface area contributed by atoms with Gasteiger partial charge in [-0.2, -0.15) is 4.98 Å². The molecule has 1 rings (SSSR count). The van der Waals surface area contributed by atoms with Gasteiger partial charge in [0.15, 0.2) is 0 Å². The first kappa shape index (κ1) is 11.0. The number of aromatic nitrogens is 2. The van der Waals surface area contributed by atoms with E-state index in [9.17, 15) is 0 Å². The summed E-state index contributed by atoms with van der Waals surface area (Å²) in [6, 6.07) is 0. The number of anilines is 1. The molecule has 0 amide bonds. The van der Waals surface area contributed by atoms with Gasteiger partial charge < -0.3 is 16.0 Å². The van der Waals surface area contributed by atoms with Crippen LogP contribution in [0.4, 0.5) is 5.95 Å². The van der Waals surface area contributed by atoms with Crippen LogP contribution in [0, 0.1) is 5.92 Å². The molecule has 4 N–H and O–H groups in total. The molecule has 0 aromatic carbocycles. The molecular weight excluding hydrogens is 180 g/mol. The highest BCUT2D eigenvalue weighted by Gasteiger charge is 2.09. The Morgan fingerprint density at radius 2 is 2.21 bits per heavy atom. The number of aryl methyl sites for hydroxylation is 1. The van der Waals surface area contributed by atoms with Gasteiger partial charge >= 0.3 is 0 Å². The van der Waals surface area contributed by atoms with E-state index in [0.717, 1.165) is 32.2 Å². The molecule has 5 nitrogen and oxygen atoms in total. The van der Waals surface area contributed by atoms with E-state index in [1.54, 1.807) is 0 Å². The van der Waals surface area contributed by atoms with Gasteiger partial charge in [0.1, 0.15) is 0 Å². The van der Waals surface area contributed by atoms with Gasteiger partial charge in [-0.05, 0) is 30.5 Å². The minimum atomic E-state index is 0.215. The number of nitrogens with two attached hydrogens (primary N) is 2. The van der Waals surface area contributed by atoms with Crippen molar-refractivity contribution in [3.63, 3.8) is 0 Å². The Labute approximate surface area is 83.9 Å². The highest BCUT2D eigenvalue weighted by molar-refractivity contribution is 5.10. The van der Waals surface area contributed by atoms with E-state index in [1.165, 1.54) is 0 Å². The van der Waals surface area contributed by atoms with Crippen molar-refractivity contribution in [1.29, 1.82) is 0 Å². The SMILES string of the molecule is CCC(CCN)CCc1nc(N)no1. The first-order valence-electron chi connectivity index (χ1n) is 5.04. The van der Waals surface area contributed by atoms with E-state index in [1.807, 2.05) is 0 Å². The van der Waals surface area contributed by atoms with Crippen molar-refractivity contribution in [1.82, 2.24) is 10.1 Å². The Kier molecular flexibility index (Phi) is 4.39. The van der Waals surface area contributed by atoms with Crippen LogP contribution in [0.15, 0.2) is 4.52 Å². The number of hydrogen-bond acceptors (Lipinski definition) is 5. The molecular formula is C9H18N4O. The average Bonchev–Trinajstić information content (AvgIpc) is 2.59. The lowest BCUT2D eigenvalue weighted by atomic mass is 9.97. The topological polar surface area (TPSA) is 91.0 Å². The monoisotopic (exact) mass is 198 g/mol. The van der Waals surface area contributed by atoms with Crippen LogP contribution >= 0.6 is 0 Å². The fourth-order valence-corrected chi connectivity index (χ4v) is 1.49. The van der Waals surface area contributed by atoms with Crippen LogP contribution in [0.5, 0.6) is 0 Å². The molecule has 0 bridgehead atoms. The second kappa shape index (κ2) is 5.59. The predicted octanol–water partition coefficient (Wildman–Crippen LogP) is 0.959. The van der Waals surface area contributed by atoms with Crippen molar-refractivity contribution in [2.45, 2.75) is 32.6 Å². The van der Waals surface area contributed by atoms with E-state index >= 15 is 0 Å². The second-order valence-electron chi connectivity index (χ2n) is 3.44. The van der Waals surface area contributed by atoms with Crippen molar-refractivity contribution in [3.05, 3.63) is 5.89 Å². The van der Waals surface area contributed by atoms with Gasteiger partial charge in [-0.3, -0.25) is 0 Å². The van der Waals surface area contributed by atoms with Crippen LogP contribution in [0.1, 0.15) is 32.1 Å². The standard InChI is InChI=1S/C9H18N4O/c1-2-7(5-6-10)3-4-8-12-9(11)13-14-8/h7H,2-6,10H2,1H3,(H2,11,13). The zero-order valence-electron chi connectivity index (χ0n) is 8.57. The van der Waals surface area contributed by atoms with Gasteiger partial charge in [0.25, 0.3) is 5.95 Å². The highest BCUT2D eigenvalue weighted by atomic mass is 16.5. The Morgan fingerprint density at radius 3 is 2.71 bits per heavy atom. The van der Waals surface area contributed by atoms with E-state index < -0.39 is 0 Å². The maximum atomic E-state index is 5.51. The summed E-state index contributed by atoms with van der Waals surface area (Å²) in [4.78, 5) is 3.95. The van der Waals surface area contributed by atoms with Gasteiger partial charge in [-0.1, -0.05) is 13.3 Å². The zero-order chi connectivity index (χ0) is 10.4. The van der Waals surface area contributed by atoms with E-state index in [2.05, 4.69) is 17.1 Å². The van der Waals surface area contributed by atoms with Gasteiger partial charge in [-0.15, -0.1) is 0 Å². The lowest BCUT2D eigenvalue weighted by molar-refractivity contribution is 0.354. The third-order valence-electron chi connectivity index (χ3n) is 2.40. The highest BCUT2D eigenvalue weighted by Crippen LogP contribution is 2.15. The van der Waals surface area contributed by atoms with Crippen LogP contribution in [0.3, 0.4) is 0 Å². The van der Waals surface area contributed by atoms with Crippen molar-refractivity contribution < 1.29 is 4.52 Å². The van der Waals surface area contributed by atoms with Crippen LogP contribution in [-0.2, 0) is 6.42 Å². The zero-order valence-corrected chi connectivity index (χ0v) is 8.57. The van der Waals surface area contributed by atoms with Crippen molar-refractivity contribution in [3.8, 4) is 0 Å². The largest absolute Gasteiger partial charge is 0.365 e. The third-order valence-corrected chi connectivity index (χ3v) is 2.40. The molecule has 0 fully saturated rings. The maximum absolute atomic E-state index is 5.51. The summed E-state index contributed by atoms with van der Waals surface area (Å²) in [6.07, 6.45) is 4.03. The Hall–Kier alpha value is -1.10. The minimum absolute atomic E-state index is 0.215. The number of rotatable bonds is 6. The fraction of sp³-hybridized carbons (Fsp3) is 0.778. The molecule has 1 aromatic rings. The van der Waals surface area contributed by atoms with Gasteiger partial charge in [-0.25, -0.2) is 0 Å². The molecule has 1 aromatic heterocycles. The van der Waals surface area contributed by atoms with Crippen LogP contribution in [0.25, 0.3) is 0 Å². The summed E-state index contributed by atoms with van der Waals surface area (Å²) in [5.41, 5.74) is 10.8. The lowest BCUT2D eigenvalue weighted by Crippen LogP contribution is -2.09. The molecule has 1 heterocycles. The first-order chi connectivity index (χ1) is 6.76. The molecule has 0 aliphatic carbocycles. The number of nitrogen functional groups attached to an aromatic ring is 1. The second-order valence-corrected chi connectivity index (χ2v) is 3.44. The fourth-order valence-electron chi connectivity index (χ4n) is 1.49. The van der Waals surface area contributed by atoms with Crippen molar-refractivity contribution in [2.75, 3.05) is 12.3 Å². The van der Waals surface area contributed by atoms with Crippen molar-refractivity contribution in [2.24, 2.45) is 11.7 Å². The minimum Gasteiger partial charge on any atom is -0.365 e. The summed E-state index contributed by atoms with van der Waals surface area (Å²) >= 11 is 0. The van der Waals surface area contributed by atoms with E-state index in [4.69, 9.17) is 16.0 Å². The maximum Gasteiger partial charge on any atom is 0.260 e.